The van der Waals surface area contributed by atoms with E-state index in [4.69, 9.17) is 4.74 Å². The molecule has 3 rings (SSSR count). The Kier molecular flexibility index (Phi) is 3.14. The number of hydrogen-bond acceptors (Lipinski definition) is 3. The first-order chi connectivity index (χ1) is 8.38. The van der Waals surface area contributed by atoms with E-state index in [1.54, 1.807) is 0 Å². The van der Waals surface area contributed by atoms with Crippen molar-refractivity contribution in [3.8, 4) is 0 Å². The van der Waals surface area contributed by atoms with Crippen molar-refractivity contribution in [2.75, 3.05) is 26.3 Å². The normalized spacial score (nSPS) is 33.8. The van der Waals surface area contributed by atoms with Crippen LogP contribution in [-0.2, 0) is 4.74 Å². The van der Waals surface area contributed by atoms with Gasteiger partial charge >= 0.3 is 0 Å². The molecule has 3 nitrogen and oxygen atoms in total. The highest BCUT2D eigenvalue weighted by molar-refractivity contribution is 5.21. The third kappa shape index (κ3) is 2.37. The Bertz CT molecular complexity index is 354. The third-order valence-corrected chi connectivity index (χ3v) is 3.82. The largest absolute Gasteiger partial charge is 0.379 e. The Hall–Kier alpha value is -0.900. The van der Waals surface area contributed by atoms with E-state index in [0.717, 1.165) is 32.7 Å². The first-order valence-corrected chi connectivity index (χ1v) is 6.49. The second-order valence-corrected chi connectivity index (χ2v) is 5.17. The summed E-state index contributed by atoms with van der Waals surface area (Å²) in [5, 5.41) is 7.35. The van der Waals surface area contributed by atoms with Crippen molar-refractivity contribution >= 4 is 0 Å². The van der Waals surface area contributed by atoms with Gasteiger partial charge in [-0.1, -0.05) is 30.3 Å². The first kappa shape index (κ1) is 11.2. The summed E-state index contributed by atoms with van der Waals surface area (Å²) in [6.45, 7) is 3.78. The van der Waals surface area contributed by atoms with Crippen molar-refractivity contribution in [2.45, 2.75) is 24.4 Å². The maximum Gasteiger partial charge on any atom is 0.0660 e. The first-order valence-electron chi connectivity index (χ1n) is 6.49. The number of nitrogens with one attached hydrogen (secondary N) is 2. The number of piperazine rings is 1. The van der Waals surface area contributed by atoms with Gasteiger partial charge in [-0.15, -0.1) is 0 Å². The fourth-order valence-corrected chi connectivity index (χ4v) is 2.92. The number of hydrogen-bond donors (Lipinski definition) is 2. The van der Waals surface area contributed by atoms with Gasteiger partial charge in [0.05, 0.1) is 12.1 Å². The highest BCUT2D eigenvalue weighted by atomic mass is 16.5. The molecule has 3 heteroatoms. The van der Waals surface area contributed by atoms with Crippen LogP contribution in [0.4, 0.5) is 0 Å². The molecule has 2 N–H and O–H groups in total. The molecule has 0 saturated carbocycles. The molecule has 1 aromatic rings. The minimum atomic E-state index is 0.150. The van der Waals surface area contributed by atoms with Crippen LogP contribution in [0.5, 0.6) is 0 Å². The fraction of sp³-hybridized carbons (Fsp3) is 0.571. The molecule has 2 fully saturated rings. The predicted octanol–water partition coefficient (Wildman–Crippen LogP) is 1.47. The van der Waals surface area contributed by atoms with Gasteiger partial charge in [0.1, 0.15) is 0 Å². The molecule has 2 saturated heterocycles. The zero-order chi connectivity index (χ0) is 11.6. The maximum atomic E-state index is 5.64. The van der Waals surface area contributed by atoms with Crippen LogP contribution in [0.15, 0.2) is 30.3 Å². The minimum Gasteiger partial charge on any atom is -0.379 e. The van der Waals surface area contributed by atoms with Crippen molar-refractivity contribution in [2.24, 2.45) is 0 Å². The summed E-state index contributed by atoms with van der Waals surface area (Å²) in [7, 11) is 0. The highest BCUT2D eigenvalue weighted by Gasteiger charge is 2.37. The van der Waals surface area contributed by atoms with Crippen LogP contribution < -0.4 is 10.6 Å². The standard InChI is InChI=1S/C14H20N2O/c1-2-5-12(6-3-1)13-9-15-10-14(16-13)7-4-8-17-11-14/h1-3,5-6,13,15-16H,4,7-11H2. The van der Waals surface area contributed by atoms with Gasteiger partial charge in [0.15, 0.2) is 0 Å². The summed E-state index contributed by atoms with van der Waals surface area (Å²) >= 11 is 0. The van der Waals surface area contributed by atoms with Gasteiger partial charge in [0.25, 0.3) is 0 Å². The average molecular weight is 232 g/mol. The molecule has 2 atom stereocenters. The Labute approximate surface area is 103 Å². The molecule has 1 spiro atoms. The maximum absolute atomic E-state index is 5.64. The second kappa shape index (κ2) is 4.77. The molecule has 2 aliphatic heterocycles. The lowest BCUT2D eigenvalue weighted by atomic mass is 9.88. The van der Waals surface area contributed by atoms with Gasteiger partial charge in [-0.3, -0.25) is 5.32 Å². The average Bonchev–Trinajstić information content (AvgIpc) is 2.41. The Morgan fingerprint density at radius 3 is 2.88 bits per heavy atom. The van der Waals surface area contributed by atoms with Gasteiger partial charge in [-0.2, -0.15) is 0 Å². The lowest BCUT2D eigenvalue weighted by Gasteiger charge is -2.45. The van der Waals surface area contributed by atoms with Gasteiger partial charge in [0, 0.05) is 25.7 Å². The van der Waals surface area contributed by atoms with Crippen LogP contribution >= 0.6 is 0 Å². The Balaban J connectivity index is 1.75. The van der Waals surface area contributed by atoms with E-state index in [-0.39, 0.29) is 5.54 Å². The lowest BCUT2D eigenvalue weighted by Crippen LogP contribution is -2.63. The fourth-order valence-electron chi connectivity index (χ4n) is 2.92. The van der Waals surface area contributed by atoms with Gasteiger partial charge in [-0.05, 0) is 18.4 Å². The highest BCUT2D eigenvalue weighted by Crippen LogP contribution is 2.26. The molecular formula is C14H20N2O. The summed E-state index contributed by atoms with van der Waals surface area (Å²) < 4.78 is 5.64. The molecule has 2 aliphatic rings. The van der Waals surface area contributed by atoms with E-state index in [1.165, 1.54) is 12.0 Å². The zero-order valence-electron chi connectivity index (χ0n) is 10.1. The van der Waals surface area contributed by atoms with Crippen LogP contribution in [0.25, 0.3) is 0 Å². The van der Waals surface area contributed by atoms with Crippen molar-refractivity contribution < 1.29 is 4.74 Å². The van der Waals surface area contributed by atoms with Crippen LogP contribution in [0.3, 0.4) is 0 Å². The molecule has 0 aliphatic carbocycles. The number of ether oxygens (including phenoxy) is 1. The molecular weight excluding hydrogens is 212 g/mol. The van der Waals surface area contributed by atoms with Crippen LogP contribution in [0, 0.1) is 0 Å². The van der Waals surface area contributed by atoms with E-state index in [1.807, 2.05) is 0 Å². The van der Waals surface area contributed by atoms with E-state index in [0.29, 0.717) is 6.04 Å². The topological polar surface area (TPSA) is 33.3 Å². The molecule has 2 unspecified atom stereocenters. The molecule has 0 aromatic heterocycles. The molecule has 17 heavy (non-hydrogen) atoms. The van der Waals surface area contributed by atoms with Crippen molar-refractivity contribution in [1.29, 1.82) is 0 Å². The summed E-state index contributed by atoms with van der Waals surface area (Å²) in [4.78, 5) is 0. The molecule has 0 bridgehead atoms. The van der Waals surface area contributed by atoms with E-state index in [2.05, 4.69) is 41.0 Å². The van der Waals surface area contributed by atoms with Crippen molar-refractivity contribution in [3.63, 3.8) is 0 Å². The predicted molar refractivity (Wildman–Crippen MR) is 68.0 cm³/mol. The van der Waals surface area contributed by atoms with Gasteiger partial charge in [-0.25, -0.2) is 0 Å². The van der Waals surface area contributed by atoms with Crippen LogP contribution in [0.2, 0.25) is 0 Å². The summed E-state index contributed by atoms with van der Waals surface area (Å²) in [6, 6.07) is 11.1. The monoisotopic (exact) mass is 232 g/mol. The van der Waals surface area contributed by atoms with E-state index < -0.39 is 0 Å². The summed E-state index contributed by atoms with van der Waals surface area (Å²) in [6.07, 6.45) is 2.37. The second-order valence-electron chi connectivity index (χ2n) is 5.17. The molecule has 2 heterocycles. The minimum absolute atomic E-state index is 0.150. The Morgan fingerprint density at radius 1 is 1.24 bits per heavy atom. The molecule has 92 valence electrons. The molecule has 1 aromatic carbocycles. The van der Waals surface area contributed by atoms with Crippen molar-refractivity contribution in [3.05, 3.63) is 35.9 Å². The molecule has 0 radical (unpaired) electrons. The van der Waals surface area contributed by atoms with Gasteiger partial charge < -0.3 is 10.1 Å². The quantitative estimate of drug-likeness (QED) is 0.769. The summed E-state index contributed by atoms with van der Waals surface area (Å²) in [5.41, 5.74) is 1.52. The van der Waals surface area contributed by atoms with Crippen LogP contribution in [0.1, 0.15) is 24.4 Å². The van der Waals surface area contributed by atoms with Crippen LogP contribution in [-0.4, -0.2) is 31.8 Å². The number of benzene rings is 1. The number of rotatable bonds is 1. The van der Waals surface area contributed by atoms with Gasteiger partial charge in [0.2, 0.25) is 0 Å². The zero-order valence-corrected chi connectivity index (χ0v) is 10.1. The van der Waals surface area contributed by atoms with Crippen molar-refractivity contribution in [1.82, 2.24) is 10.6 Å². The summed E-state index contributed by atoms with van der Waals surface area (Å²) in [5.74, 6) is 0. The SMILES string of the molecule is c1ccc(C2CNCC3(CCCOC3)N2)cc1. The smallest absolute Gasteiger partial charge is 0.0660 e. The van der Waals surface area contributed by atoms with E-state index in [9.17, 15) is 0 Å². The third-order valence-electron chi connectivity index (χ3n) is 3.82. The lowest BCUT2D eigenvalue weighted by molar-refractivity contribution is 0.00541. The van der Waals surface area contributed by atoms with E-state index >= 15 is 0 Å². The Morgan fingerprint density at radius 2 is 2.12 bits per heavy atom. The molecule has 0 amide bonds.